The van der Waals surface area contributed by atoms with Gasteiger partial charge in [-0.2, -0.15) is 0 Å². The molecule has 0 N–H and O–H groups in total. The van der Waals surface area contributed by atoms with Crippen molar-refractivity contribution in [3.8, 4) is 5.75 Å². The molecule has 1 fully saturated rings. The van der Waals surface area contributed by atoms with E-state index in [-0.39, 0.29) is 11.8 Å². The molecular formula is C21H31N3O3. The minimum atomic E-state index is -0.510. The SMILES string of the molecule is CCN(CC)C(=O)[C@H](C)N1CC2(CCN(C)CC2)Oc2ccccc2C1=O. The van der Waals surface area contributed by atoms with Gasteiger partial charge >= 0.3 is 0 Å². The monoisotopic (exact) mass is 373 g/mol. The van der Waals surface area contributed by atoms with E-state index in [9.17, 15) is 9.59 Å². The summed E-state index contributed by atoms with van der Waals surface area (Å²) in [6, 6.07) is 6.90. The summed E-state index contributed by atoms with van der Waals surface area (Å²) >= 11 is 0. The lowest BCUT2D eigenvalue weighted by Crippen LogP contribution is -2.57. The highest BCUT2D eigenvalue weighted by molar-refractivity contribution is 6.00. The van der Waals surface area contributed by atoms with Crippen molar-refractivity contribution in [2.75, 3.05) is 39.8 Å². The molecule has 1 aromatic rings. The molecular weight excluding hydrogens is 342 g/mol. The van der Waals surface area contributed by atoms with Gasteiger partial charge in [-0.3, -0.25) is 9.59 Å². The Morgan fingerprint density at radius 1 is 1.22 bits per heavy atom. The molecule has 2 aliphatic rings. The third-order valence-electron chi connectivity index (χ3n) is 5.96. The smallest absolute Gasteiger partial charge is 0.258 e. The lowest BCUT2D eigenvalue weighted by Gasteiger charge is -2.43. The Morgan fingerprint density at radius 3 is 2.48 bits per heavy atom. The number of hydrogen-bond donors (Lipinski definition) is 0. The van der Waals surface area contributed by atoms with E-state index in [4.69, 9.17) is 4.74 Å². The summed E-state index contributed by atoms with van der Waals surface area (Å²) < 4.78 is 6.46. The van der Waals surface area contributed by atoms with Crippen molar-refractivity contribution in [1.82, 2.24) is 14.7 Å². The first kappa shape index (κ1) is 19.7. The third-order valence-corrected chi connectivity index (χ3v) is 5.96. The van der Waals surface area contributed by atoms with Crippen LogP contribution in [0.2, 0.25) is 0 Å². The van der Waals surface area contributed by atoms with Gasteiger partial charge in [-0.15, -0.1) is 0 Å². The average molecular weight is 373 g/mol. The third kappa shape index (κ3) is 3.81. The van der Waals surface area contributed by atoms with E-state index >= 15 is 0 Å². The van der Waals surface area contributed by atoms with Crippen molar-refractivity contribution < 1.29 is 14.3 Å². The molecule has 0 bridgehead atoms. The maximum absolute atomic E-state index is 13.3. The molecule has 0 aliphatic carbocycles. The number of benzene rings is 1. The van der Waals surface area contributed by atoms with E-state index in [1.165, 1.54) is 0 Å². The van der Waals surface area contributed by atoms with E-state index in [0.717, 1.165) is 25.9 Å². The van der Waals surface area contributed by atoms with Gasteiger partial charge < -0.3 is 19.4 Å². The molecule has 27 heavy (non-hydrogen) atoms. The molecule has 0 radical (unpaired) electrons. The quantitative estimate of drug-likeness (QED) is 0.812. The Balaban J connectivity index is 1.97. The largest absolute Gasteiger partial charge is 0.484 e. The molecule has 6 heteroatoms. The highest BCUT2D eigenvalue weighted by Gasteiger charge is 2.44. The van der Waals surface area contributed by atoms with E-state index < -0.39 is 11.6 Å². The van der Waals surface area contributed by atoms with Crippen LogP contribution in [0.25, 0.3) is 0 Å². The standard InChI is InChI=1S/C21H31N3O3/c1-5-23(6-2)19(25)16(3)24-15-21(11-13-22(4)14-12-21)27-18-10-8-7-9-17(18)20(24)26/h7-10,16H,5-6,11-15H2,1-4H3/t16-/m0/s1. The molecule has 2 aliphatic heterocycles. The van der Waals surface area contributed by atoms with Gasteiger partial charge in [0.1, 0.15) is 17.4 Å². The molecule has 0 aromatic heterocycles. The van der Waals surface area contributed by atoms with Crippen molar-refractivity contribution in [1.29, 1.82) is 0 Å². The maximum Gasteiger partial charge on any atom is 0.258 e. The fourth-order valence-electron chi connectivity index (χ4n) is 4.07. The lowest BCUT2D eigenvalue weighted by atomic mass is 9.90. The molecule has 1 saturated heterocycles. The molecule has 2 amide bonds. The van der Waals surface area contributed by atoms with Gasteiger partial charge in [0.15, 0.2) is 0 Å². The van der Waals surface area contributed by atoms with E-state index in [1.807, 2.05) is 39.0 Å². The predicted molar refractivity (Wildman–Crippen MR) is 105 cm³/mol. The zero-order valence-corrected chi connectivity index (χ0v) is 16.9. The van der Waals surface area contributed by atoms with E-state index in [1.54, 1.807) is 15.9 Å². The van der Waals surface area contributed by atoms with Crippen LogP contribution in [0.15, 0.2) is 24.3 Å². The number of amides is 2. The van der Waals surface area contributed by atoms with Crippen LogP contribution in [0.3, 0.4) is 0 Å². The number of fused-ring (bicyclic) bond motifs is 1. The van der Waals surface area contributed by atoms with Crippen molar-refractivity contribution in [3.05, 3.63) is 29.8 Å². The zero-order valence-electron chi connectivity index (χ0n) is 16.9. The minimum Gasteiger partial charge on any atom is -0.484 e. The number of ether oxygens (including phenoxy) is 1. The summed E-state index contributed by atoms with van der Waals surface area (Å²) in [6.07, 6.45) is 1.68. The molecule has 1 atom stereocenters. The number of carbonyl (C=O) groups excluding carboxylic acids is 2. The summed E-state index contributed by atoms with van der Waals surface area (Å²) in [4.78, 5) is 32.1. The second-order valence-corrected chi connectivity index (χ2v) is 7.70. The predicted octanol–water partition coefficient (Wildman–Crippen LogP) is 2.24. The molecule has 3 rings (SSSR count). The van der Waals surface area contributed by atoms with Crippen molar-refractivity contribution >= 4 is 11.8 Å². The number of piperidine rings is 1. The molecule has 2 heterocycles. The molecule has 1 spiro atoms. The van der Waals surface area contributed by atoms with Crippen LogP contribution in [0.4, 0.5) is 0 Å². The van der Waals surface area contributed by atoms with Gasteiger partial charge in [0.25, 0.3) is 5.91 Å². The lowest BCUT2D eigenvalue weighted by molar-refractivity contribution is -0.136. The Morgan fingerprint density at radius 2 is 1.85 bits per heavy atom. The molecule has 1 aromatic carbocycles. The molecule has 6 nitrogen and oxygen atoms in total. The summed E-state index contributed by atoms with van der Waals surface area (Å²) in [7, 11) is 2.10. The fourth-order valence-corrected chi connectivity index (χ4v) is 4.07. The van der Waals surface area contributed by atoms with Gasteiger partial charge in [0.05, 0.1) is 12.1 Å². The molecule has 0 unspecified atom stereocenters. The minimum absolute atomic E-state index is 0.00388. The zero-order chi connectivity index (χ0) is 19.6. The van der Waals surface area contributed by atoms with Crippen LogP contribution in [0, 0.1) is 0 Å². The number of hydrogen-bond acceptors (Lipinski definition) is 4. The fraction of sp³-hybridized carbons (Fsp3) is 0.619. The number of rotatable bonds is 4. The first-order valence-corrected chi connectivity index (χ1v) is 9.97. The normalized spacial score (nSPS) is 20.6. The van der Waals surface area contributed by atoms with Crippen LogP contribution < -0.4 is 4.74 Å². The second kappa shape index (κ2) is 7.89. The Labute approximate surface area is 162 Å². The number of carbonyl (C=O) groups is 2. The highest BCUT2D eigenvalue weighted by atomic mass is 16.5. The van der Waals surface area contributed by atoms with Crippen molar-refractivity contribution in [2.24, 2.45) is 0 Å². The summed E-state index contributed by atoms with van der Waals surface area (Å²) in [5.74, 6) is 0.516. The Bertz CT molecular complexity index is 694. The second-order valence-electron chi connectivity index (χ2n) is 7.70. The number of likely N-dealkylation sites (tertiary alicyclic amines) is 1. The number of likely N-dealkylation sites (N-methyl/N-ethyl adjacent to an activating group) is 1. The van der Waals surface area contributed by atoms with Gasteiger partial charge in [0, 0.05) is 39.0 Å². The summed E-state index contributed by atoms with van der Waals surface area (Å²) in [6.45, 7) is 9.35. The highest BCUT2D eigenvalue weighted by Crippen LogP contribution is 2.36. The van der Waals surface area contributed by atoms with Crippen LogP contribution in [-0.2, 0) is 4.79 Å². The van der Waals surface area contributed by atoms with Crippen LogP contribution in [-0.4, -0.2) is 77.9 Å². The van der Waals surface area contributed by atoms with Gasteiger partial charge in [-0.1, -0.05) is 12.1 Å². The number of para-hydroxylation sites is 1. The summed E-state index contributed by atoms with van der Waals surface area (Å²) in [5.41, 5.74) is 0.111. The van der Waals surface area contributed by atoms with Gasteiger partial charge in [-0.05, 0) is 40.0 Å². The van der Waals surface area contributed by atoms with E-state index in [2.05, 4.69) is 11.9 Å². The van der Waals surface area contributed by atoms with Crippen molar-refractivity contribution in [3.63, 3.8) is 0 Å². The van der Waals surface area contributed by atoms with Crippen LogP contribution >= 0.6 is 0 Å². The Hall–Kier alpha value is -2.08. The topological polar surface area (TPSA) is 53.1 Å². The van der Waals surface area contributed by atoms with Crippen LogP contribution in [0.5, 0.6) is 5.75 Å². The maximum atomic E-state index is 13.3. The molecule has 0 saturated carbocycles. The Kier molecular flexibility index (Phi) is 5.75. The van der Waals surface area contributed by atoms with Crippen molar-refractivity contribution in [2.45, 2.75) is 45.3 Å². The van der Waals surface area contributed by atoms with Gasteiger partial charge in [0.2, 0.25) is 5.91 Å². The van der Waals surface area contributed by atoms with Gasteiger partial charge in [-0.25, -0.2) is 0 Å². The number of nitrogens with zero attached hydrogens (tertiary/aromatic N) is 3. The average Bonchev–Trinajstić information content (AvgIpc) is 2.80. The van der Waals surface area contributed by atoms with Crippen LogP contribution in [0.1, 0.15) is 44.0 Å². The summed E-state index contributed by atoms with van der Waals surface area (Å²) in [5, 5.41) is 0. The molecule has 148 valence electrons. The first-order valence-electron chi connectivity index (χ1n) is 9.97. The van der Waals surface area contributed by atoms with E-state index in [0.29, 0.717) is 30.9 Å². The first-order chi connectivity index (χ1) is 12.9.